The highest BCUT2D eigenvalue weighted by Crippen LogP contribution is 2.59. The number of aliphatic hydroxyl groups excluding tert-OH is 3. The third-order valence-corrected chi connectivity index (χ3v) is 6.48. The Morgan fingerprint density at radius 1 is 1.24 bits per heavy atom. The van der Waals surface area contributed by atoms with E-state index in [0.29, 0.717) is 17.8 Å². The van der Waals surface area contributed by atoms with Gasteiger partial charge in [0.1, 0.15) is 5.76 Å². The molecule has 0 aromatic carbocycles. The lowest BCUT2D eigenvalue weighted by molar-refractivity contribution is 0.0405. The topological polar surface area (TPSA) is 60.7 Å². The number of rotatable bonds is 0. The summed E-state index contributed by atoms with van der Waals surface area (Å²) in [6, 6.07) is 0. The van der Waals surface area contributed by atoms with Crippen molar-refractivity contribution in [2.24, 2.45) is 23.2 Å². The summed E-state index contributed by atoms with van der Waals surface area (Å²) in [5.41, 5.74) is 2.11. The number of allylic oxidation sites excluding steroid dienone is 4. The Balaban J connectivity index is 1.70. The first kappa shape index (κ1) is 13.4. The maximum absolute atomic E-state index is 10.2. The van der Waals surface area contributed by atoms with Gasteiger partial charge in [-0.25, -0.2) is 0 Å². The third kappa shape index (κ3) is 1.76. The van der Waals surface area contributed by atoms with Gasteiger partial charge in [-0.2, -0.15) is 0 Å². The Morgan fingerprint density at radius 2 is 2.05 bits per heavy atom. The van der Waals surface area contributed by atoms with Crippen LogP contribution in [-0.4, -0.2) is 21.4 Å². The standard InChI is InChI=1S/C18H24O3/c1-18-7-6-13-12-5-3-11(19)8-10(12)2-4-14(13)15(18)9-16(20)17(18)21/h4,9-13,19-21H,2-3,5-8H2,1H3/t10?,11?,12-,13+,18-/m0/s1/i19+35. The molecule has 0 aliphatic heterocycles. The van der Waals surface area contributed by atoms with Crippen molar-refractivity contribution in [3.63, 3.8) is 0 Å². The van der Waals surface area contributed by atoms with E-state index in [2.05, 4.69) is 6.08 Å². The molecule has 4 aliphatic carbocycles. The van der Waals surface area contributed by atoms with E-state index in [1.807, 2.05) is 6.92 Å². The molecule has 2 fully saturated rings. The van der Waals surface area contributed by atoms with E-state index in [4.69, 9.17) is 0 Å². The second-order valence-corrected chi connectivity index (χ2v) is 7.56. The number of fused-ring (bicyclic) bond motifs is 5. The summed E-state index contributed by atoms with van der Waals surface area (Å²) in [4.78, 5) is 0. The Hall–Kier alpha value is -1.22. The highest BCUT2D eigenvalue weighted by Gasteiger charge is 2.50. The van der Waals surface area contributed by atoms with Crippen molar-refractivity contribution in [2.45, 2.75) is 51.6 Å². The maximum Gasteiger partial charge on any atom is 0.154 e. The van der Waals surface area contributed by atoms with Crippen LogP contribution in [0.25, 0.3) is 0 Å². The van der Waals surface area contributed by atoms with Gasteiger partial charge in [0.25, 0.3) is 0 Å². The first-order valence-electron chi connectivity index (χ1n) is 8.24. The second-order valence-electron chi connectivity index (χ2n) is 7.56. The average Bonchev–Trinajstić information content (AvgIpc) is 2.70. The quantitative estimate of drug-likeness (QED) is 0.636. The van der Waals surface area contributed by atoms with Gasteiger partial charge >= 0.3 is 0 Å². The minimum Gasteiger partial charge on any atom is -0.508 e. The fourth-order valence-corrected chi connectivity index (χ4v) is 5.28. The van der Waals surface area contributed by atoms with E-state index < -0.39 is 0 Å². The first-order chi connectivity index (χ1) is 10.0. The molecule has 2 unspecified atom stereocenters. The average molecular weight is 323 g/mol. The largest absolute Gasteiger partial charge is 0.508 e. The molecule has 114 valence electrons. The van der Waals surface area contributed by atoms with Crippen LogP contribution in [0.15, 0.2) is 34.8 Å². The van der Waals surface area contributed by atoms with Gasteiger partial charge in [-0.3, -0.25) is 0 Å². The predicted octanol–water partition coefficient (Wildman–Crippen LogP) is 3.78. The highest BCUT2D eigenvalue weighted by atomic mass is 51.0. The molecule has 4 aliphatic rings. The van der Waals surface area contributed by atoms with Crippen molar-refractivity contribution < 1.29 is 15.3 Å². The Kier molecular flexibility index (Phi) is 2.81. The molecule has 3 nitrogen and oxygen atoms in total. The molecule has 0 heterocycles. The lowest BCUT2D eigenvalue weighted by Gasteiger charge is -2.48. The summed E-state index contributed by atoms with van der Waals surface area (Å²) >= 11 is 0. The molecule has 3 heteroatoms. The van der Waals surface area contributed by atoms with Gasteiger partial charge in [0, 0.05) is 0 Å². The van der Waals surface area contributed by atoms with Crippen LogP contribution in [0.4, 0.5) is 0 Å². The summed E-state index contributed by atoms with van der Waals surface area (Å²) in [5, 5.41) is 30.1. The minimum absolute atomic E-state index is 0.0511. The summed E-state index contributed by atoms with van der Waals surface area (Å²) < 4.78 is 0. The van der Waals surface area contributed by atoms with Crippen LogP contribution in [0.2, 0.25) is 0 Å². The summed E-state index contributed by atoms with van der Waals surface area (Å²) in [5.74, 6) is 2.04. The molecule has 3 N–H and O–H groups in total. The van der Waals surface area contributed by atoms with Crippen molar-refractivity contribution in [2.75, 3.05) is 0 Å². The maximum atomic E-state index is 10.2. The van der Waals surface area contributed by atoms with Gasteiger partial charge in [0.05, 0.1) is 11.5 Å². The van der Waals surface area contributed by atoms with Crippen molar-refractivity contribution in [1.82, 2.24) is 0 Å². The molecule has 0 bridgehead atoms. The lowest BCUT2D eigenvalue weighted by Crippen LogP contribution is -2.40. The SMILES string of the molecule is C[C@]12CC[C@H]3C(=CCC4CC([51OH])CC[C@@H]43)C1=CC(O)=C2O. The monoisotopic (exact) mass is 323 g/mol. The van der Waals surface area contributed by atoms with Crippen LogP contribution >= 0.6 is 0 Å². The van der Waals surface area contributed by atoms with Crippen LogP contribution in [0.3, 0.4) is 0 Å². The van der Waals surface area contributed by atoms with Crippen molar-refractivity contribution in [1.29, 1.82) is 0 Å². The lowest BCUT2D eigenvalue weighted by atomic mass is 9.56. The molecule has 0 spiro atoms. The minimum atomic E-state index is -0.382. The molecule has 0 saturated heterocycles. The van der Waals surface area contributed by atoms with Gasteiger partial charge in [0.2, 0.25) is 0 Å². The van der Waals surface area contributed by atoms with Crippen LogP contribution in [0, 0.1) is 23.2 Å². The molecule has 21 heavy (non-hydrogen) atoms. The van der Waals surface area contributed by atoms with E-state index in [0.717, 1.165) is 44.1 Å². The van der Waals surface area contributed by atoms with Gasteiger partial charge in [0.15, 0.2) is 5.76 Å². The summed E-state index contributed by atoms with van der Waals surface area (Å²) in [6.07, 6.45) is 9.98. The molecular weight excluding hydrogens is 299 g/mol. The van der Waals surface area contributed by atoms with Crippen LogP contribution in [0.1, 0.15) is 45.4 Å². The zero-order valence-corrected chi connectivity index (χ0v) is 12.5. The van der Waals surface area contributed by atoms with Gasteiger partial charge in [-0.15, -0.1) is 0 Å². The Bertz CT molecular complexity index is 571. The summed E-state index contributed by atoms with van der Waals surface area (Å²) in [6.45, 7) is 2.05. The highest BCUT2D eigenvalue weighted by molar-refractivity contribution is 5.53. The van der Waals surface area contributed by atoms with Crippen LogP contribution < -0.4 is 0 Å². The fraction of sp³-hybridized carbons (Fsp3) is 0.667. The zero-order chi connectivity index (χ0) is 14.8. The summed E-state index contributed by atoms with van der Waals surface area (Å²) in [7, 11) is 0. The van der Waals surface area contributed by atoms with E-state index in [-0.39, 0.29) is 23.0 Å². The second kappa shape index (κ2) is 4.39. The molecule has 4 rings (SSSR count). The fourth-order valence-electron chi connectivity index (χ4n) is 5.28. The van der Waals surface area contributed by atoms with E-state index >= 15 is 0 Å². The van der Waals surface area contributed by atoms with Gasteiger partial charge in [-0.05, 0) is 80.4 Å². The molecule has 0 radical (unpaired) electrons. The number of aliphatic hydroxyl groups is 3. The number of hydrogen-bond donors (Lipinski definition) is 3. The third-order valence-electron chi connectivity index (χ3n) is 6.48. The van der Waals surface area contributed by atoms with Crippen molar-refractivity contribution in [3.8, 4) is 0 Å². The van der Waals surface area contributed by atoms with Crippen LogP contribution in [-0.2, 0) is 0 Å². The first-order valence-corrected chi connectivity index (χ1v) is 8.24. The molecular formula is C18H24O3. The van der Waals surface area contributed by atoms with E-state index in [1.165, 1.54) is 5.57 Å². The van der Waals surface area contributed by atoms with E-state index in [9.17, 15) is 15.3 Å². The Labute approximate surface area is 125 Å². The smallest absolute Gasteiger partial charge is 0.154 e. The van der Waals surface area contributed by atoms with Crippen molar-refractivity contribution >= 4 is 0 Å². The van der Waals surface area contributed by atoms with Crippen molar-refractivity contribution in [3.05, 3.63) is 34.8 Å². The van der Waals surface area contributed by atoms with Gasteiger partial charge in [-0.1, -0.05) is 6.08 Å². The predicted molar refractivity (Wildman–Crippen MR) is 80.7 cm³/mol. The number of hydrogen-bond acceptors (Lipinski definition) is 3. The van der Waals surface area contributed by atoms with Crippen LogP contribution in [0.5, 0.6) is 0 Å². The molecule has 2 saturated carbocycles. The normalized spacial score (nSPS) is 45.4. The molecule has 0 amide bonds. The van der Waals surface area contributed by atoms with Gasteiger partial charge < -0.3 is 15.3 Å². The molecule has 0 aromatic rings. The van der Waals surface area contributed by atoms with E-state index in [1.54, 1.807) is 6.08 Å². The molecule has 0 aromatic heterocycles. The molecule has 5 atom stereocenters. The Morgan fingerprint density at radius 3 is 2.86 bits per heavy atom. The zero-order valence-electron chi connectivity index (χ0n) is 12.5.